The van der Waals surface area contributed by atoms with Gasteiger partial charge in [0.1, 0.15) is 10.0 Å². The monoisotopic (exact) mass is 464 g/mol. The fourth-order valence-electron chi connectivity index (χ4n) is 3.32. The summed E-state index contributed by atoms with van der Waals surface area (Å²) >= 11 is 7.07. The van der Waals surface area contributed by atoms with E-state index in [0.717, 1.165) is 29.7 Å². The van der Waals surface area contributed by atoms with E-state index in [4.69, 9.17) is 11.6 Å². The zero-order chi connectivity index (χ0) is 21.1. The number of rotatable bonds is 7. The van der Waals surface area contributed by atoms with Crippen LogP contribution >= 0.6 is 22.9 Å². The summed E-state index contributed by atoms with van der Waals surface area (Å²) in [5.41, 5.74) is 1.01. The lowest BCUT2D eigenvalue weighted by atomic mass is 10.2. The van der Waals surface area contributed by atoms with Crippen LogP contribution in [0.1, 0.15) is 23.3 Å². The quantitative estimate of drug-likeness (QED) is 0.578. The third-order valence-corrected chi connectivity index (χ3v) is 8.56. The van der Waals surface area contributed by atoms with Crippen LogP contribution in [0.4, 0.5) is 5.82 Å². The van der Waals surface area contributed by atoms with Gasteiger partial charge in [-0.1, -0.05) is 23.7 Å². The standard InChI is InChI=1S/C20H21ClN4O3S2/c21-16-5-3-15(4-6-16)14-25-18(9-10-22-25)23-19(26)13-17-7-8-20(29-17)30(27,28)24-11-1-2-12-24/h3-10H,1-2,11-14H2,(H,23,26). The van der Waals surface area contributed by atoms with E-state index in [1.807, 2.05) is 24.3 Å². The molecule has 1 aliphatic heterocycles. The molecule has 7 nitrogen and oxygen atoms in total. The third kappa shape index (κ3) is 4.75. The van der Waals surface area contributed by atoms with Gasteiger partial charge < -0.3 is 5.32 Å². The molecule has 1 aromatic carbocycles. The number of hydrogen-bond acceptors (Lipinski definition) is 5. The molecule has 1 N–H and O–H groups in total. The highest BCUT2D eigenvalue weighted by molar-refractivity contribution is 7.91. The molecule has 1 fully saturated rings. The lowest BCUT2D eigenvalue weighted by Crippen LogP contribution is -2.27. The predicted molar refractivity (Wildman–Crippen MR) is 117 cm³/mol. The molecule has 30 heavy (non-hydrogen) atoms. The molecule has 0 aliphatic carbocycles. The maximum atomic E-state index is 12.6. The number of anilines is 1. The van der Waals surface area contributed by atoms with Crippen molar-refractivity contribution in [2.24, 2.45) is 0 Å². The largest absolute Gasteiger partial charge is 0.311 e. The molecule has 0 radical (unpaired) electrons. The maximum Gasteiger partial charge on any atom is 0.252 e. The van der Waals surface area contributed by atoms with Crippen LogP contribution in [0.15, 0.2) is 52.9 Å². The number of sulfonamides is 1. The number of benzene rings is 1. The van der Waals surface area contributed by atoms with Gasteiger partial charge in [-0.2, -0.15) is 9.40 Å². The van der Waals surface area contributed by atoms with Crippen molar-refractivity contribution in [3.05, 3.63) is 64.1 Å². The predicted octanol–water partition coefficient (Wildman–Crippen LogP) is 3.61. The number of thiophene rings is 1. The van der Waals surface area contributed by atoms with Gasteiger partial charge in [-0.05, 0) is 42.7 Å². The summed E-state index contributed by atoms with van der Waals surface area (Å²) in [6.45, 7) is 1.62. The van der Waals surface area contributed by atoms with Gasteiger partial charge in [-0.25, -0.2) is 13.1 Å². The first kappa shape index (κ1) is 21.0. The Morgan fingerprint density at radius 2 is 1.83 bits per heavy atom. The third-order valence-electron chi connectivity index (χ3n) is 4.86. The summed E-state index contributed by atoms with van der Waals surface area (Å²) in [6, 6.07) is 12.5. The maximum absolute atomic E-state index is 12.6. The number of aromatic nitrogens is 2. The molecule has 0 bridgehead atoms. The Labute approximate surface area is 184 Å². The normalized spacial score (nSPS) is 14.8. The first-order valence-electron chi connectivity index (χ1n) is 9.57. The van der Waals surface area contributed by atoms with Crippen molar-refractivity contribution in [1.29, 1.82) is 0 Å². The molecule has 1 amide bonds. The van der Waals surface area contributed by atoms with E-state index < -0.39 is 10.0 Å². The number of carbonyl (C=O) groups is 1. The molecular weight excluding hydrogens is 444 g/mol. The van der Waals surface area contributed by atoms with E-state index >= 15 is 0 Å². The lowest BCUT2D eigenvalue weighted by Gasteiger charge is -2.13. The minimum absolute atomic E-state index is 0.103. The van der Waals surface area contributed by atoms with Crippen LogP contribution < -0.4 is 5.32 Å². The van der Waals surface area contributed by atoms with Crippen molar-refractivity contribution < 1.29 is 13.2 Å². The van der Waals surface area contributed by atoms with Gasteiger partial charge in [0, 0.05) is 29.1 Å². The van der Waals surface area contributed by atoms with Crippen molar-refractivity contribution in [1.82, 2.24) is 14.1 Å². The van der Waals surface area contributed by atoms with Gasteiger partial charge in [-0.3, -0.25) is 4.79 Å². The van der Waals surface area contributed by atoms with Gasteiger partial charge in [-0.15, -0.1) is 11.3 Å². The lowest BCUT2D eigenvalue weighted by molar-refractivity contribution is -0.115. The molecule has 2 aromatic heterocycles. The number of nitrogens with one attached hydrogen (secondary N) is 1. The Morgan fingerprint density at radius 1 is 1.10 bits per heavy atom. The molecule has 0 unspecified atom stereocenters. The fourth-order valence-corrected chi connectivity index (χ4v) is 6.47. The summed E-state index contributed by atoms with van der Waals surface area (Å²) in [6.07, 6.45) is 3.51. The number of carbonyl (C=O) groups excluding carboxylic acids is 1. The average molecular weight is 465 g/mol. The molecule has 10 heteroatoms. The Kier molecular flexibility index (Phi) is 6.24. The van der Waals surface area contributed by atoms with Gasteiger partial charge >= 0.3 is 0 Å². The van der Waals surface area contributed by atoms with E-state index in [1.54, 1.807) is 29.1 Å². The zero-order valence-corrected chi connectivity index (χ0v) is 18.5. The molecule has 1 aliphatic rings. The Balaban J connectivity index is 1.39. The van der Waals surface area contributed by atoms with E-state index in [-0.39, 0.29) is 12.3 Å². The first-order valence-corrected chi connectivity index (χ1v) is 12.2. The minimum atomic E-state index is -3.45. The van der Waals surface area contributed by atoms with Crippen LogP contribution in [0.3, 0.4) is 0 Å². The number of halogens is 1. The van der Waals surface area contributed by atoms with E-state index in [9.17, 15) is 13.2 Å². The molecule has 3 heterocycles. The second kappa shape index (κ2) is 8.89. The van der Waals surface area contributed by atoms with Crippen LogP contribution in [0.2, 0.25) is 5.02 Å². The fraction of sp³-hybridized carbons (Fsp3) is 0.300. The van der Waals surface area contributed by atoms with Gasteiger partial charge in [0.25, 0.3) is 10.0 Å². The Hall–Kier alpha value is -2.20. The number of hydrogen-bond donors (Lipinski definition) is 1. The highest BCUT2D eigenvalue weighted by Crippen LogP contribution is 2.27. The van der Waals surface area contributed by atoms with Crippen LogP contribution in [0.25, 0.3) is 0 Å². The van der Waals surface area contributed by atoms with Crippen molar-refractivity contribution in [3.63, 3.8) is 0 Å². The zero-order valence-electron chi connectivity index (χ0n) is 16.1. The van der Waals surface area contributed by atoms with Crippen molar-refractivity contribution in [3.8, 4) is 0 Å². The van der Waals surface area contributed by atoms with Crippen LogP contribution in [-0.4, -0.2) is 41.5 Å². The average Bonchev–Trinajstić information content (AvgIpc) is 3.46. The van der Waals surface area contributed by atoms with E-state index in [2.05, 4.69) is 10.4 Å². The van der Waals surface area contributed by atoms with Crippen LogP contribution in [0.5, 0.6) is 0 Å². The smallest absolute Gasteiger partial charge is 0.252 e. The molecule has 0 saturated carbocycles. The minimum Gasteiger partial charge on any atom is -0.311 e. The molecule has 0 spiro atoms. The second-order valence-corrected chi connectivity index (χ2v) is 10.8. The Morgan fingerprint density at radius 3 is 2.57 bits per heavy atom. The van der Waals surface area contributed by atoms with Crippen molar-refractivity contribution in [2.45, 2.75) is 30.0 Å². The topological polar surface area (TPSA) is 84.3 Å². The molecule has 1 saturated heterocycles. The summed E-state index contributed by atoms with van der Waals surface area (Å²) in [4.78, 5) is 13.2. The highest BCUT2D eigenvalue weighted by Gasteiger charge is 2.28. The van der Waals surface area contributed by atoms with Gasteiger partial charge in [0.2, 0.25) is 5.91 Å². The Bertz CT molecular complexity index is 1130. The highest BCUT2D eigenvalue weighted by atomic mass is 35.5. The molecule has 0 atom stereocenters. The molecule has 4 rings (SSSR count). The second-order valence-electron chi connectivity index (χ2n) is 7.06. The van der Waals surface area contributed by atoms with Crippen LogP contribution in [-0.2, 0) is 27.8 Å². The van der Waals surface area contributed by atoms with Crippen LogP contribution in [0, 0.1) is 0 Å². The summed E-state index contributed by atoms with van der Waals surface area (Å²) in [7, 11) is -3.45. The van der Waals surface area contributed by atoms with Crippen molar-refractivity contribution >= 4 is 44.7 Å². The summed E-state index contributed by atoms with van der Waals surface area (Å²) < 4.78 is 28.8. The first-order chi connectivity index (χ1) is 14.4. The molecule has 158 valence electrons. The molecule has 3 aromatic rings. The molecular formula is C20H21ClN4O3S2. The van der Waals surface area contributed by atoms with Gasteiger partial charge in [0.15, 0.2) is 0 Å². The van der Waals surface area contributed by atoms with Gasteiger partial charge in [0.05, 0.1) is 19.2 Å². The SMILES string of the molecule is O=C(Cc1ccc(S(=O)(=O)N2CCCC2)s1)Nc1ccnn1Cc1ccc(Cl)cc1. The van der Waals surface area contributed by atoms with Crippen molar-refractivity contribution in [2.75, 3.05) is 18.4 Å². The number of amides is 1. The van der Waals surface area contributed by atoms with E-state index in [1.165, 1.54) is 4.31 Å². The van der Waals surface area contributed by atoms with E-state index in [0.29, 0.717) is 39.6 Å². The summed E-state index contributed by atoms with van der Waals surface area (Å²) in [5.74, 6) is 0.358. The summed E-state index contributed by atoms with van der Waals surface area (Å²) in [5, 5.41) is 7.78. The number of nitrogens with zero attached hydrogens (tertiary/aromatic N) is 3.